The number of unbranched alkanes of at least 4 members (excludes halogenated alkanes) is 1. The van der Waals surface area contributed by atoms with Crippen LogP contribution in [0.3, 0.4) is 0 Å². The Balaban J connectivity index is 1.89. The highest BCUT2D eigenvalue weighted by Gasteiger charge is 2.17. The van der Waals surface area contributed by atoms with Crippen LogP contribution in [-0.2, 0) is 9.47 Å². The average molecular weight is 1120 g/mol. The van der Waals surface area contributed by atoms with E-state index in [1.807, 2.05) is 24.3 Å². The Morgan fingerprint density at radius 1 is 0.727 bits per heavy atom. The third-order valence-electron chi connectivity index (χ3n) is 4.54. The molecule has 33 heavy (non-hydrogen) atoms. The second-order valence-corrected chi connectivity index (χ2v) is 13.9. The smallest absolute Gasteiger partial charge is 0.339 e. The Morgan fingerprint density at radius 2 is 1.15 bits per heavy atom. The molecule has 2 aromatic carbocycles. The van der Waals surface area contributed by atoms with Gasteiger partial charge in [-0.05, 0) is 173 Å². The Hall–Kier alpha value is 1.72. The summed E-state index contributed by atoms with van der Waals surface area (Å²) in [4.78, 5) is 27.4. The van der Waals surface area contributed by atoms with Crippen LogP contribution in [0.15, 0.2) is 24.3 Å². The maximum atomic E-state index is 12.6. The van der Waals surface area contributed by atoms with E-state index >= 15 is 0 Å². The molecule has 11 heteroatoms. The second-order valence-electron chi connectivity index (χ2n) is 6.97. The van der Waals surface area contributed by atoms with Gasteiger partial charge in [0.2, 0.25) is 0 Å². The molecule has 5 nitrogen and oxygen atoms in total. The number of rotatable bonds is 11. The van der Waals surface area contributed by atoms with Gasteiger partial charge in [-0.2, -0.15) is 0 Å². The fourth-order valence-corrected chi connectivity index (χ4v) is 7.57. The molecule has 0 fully saturated rings. The number of hydrogen-bond acceptors (Lipinski definition) is 5. The van der Waals surface area contributed by atoms with Crippen molar-refractivity contribution in [2.75, 3.05) is 32.8 Å². The Labute approximate surface area is 276 Å². The highest BCUT2D eigenvalue weighted by atomic mass is 127. The molecule has 0 amide bonds. The van der Waals surface area contributed by atoms with Crippen LogP contribution in [0, 0.1) is 21.4 Å². The van der Waals surface area contributed by atoms with Crippen LogP contribution in [0.1, 0.15) is 40.5 Å². The first-order chi connectivity index (χ1) is 15.6. The van der Waals surface area contributed by atoms with Gasteiger partial charge in [0.25, 0.3) is 0 Å². The van der Waals surface area contributed by atoms with Gasteiger partial charge in [0, 0.05) is 34.5 Å². The van der Waals surface area contributed by atoms with E-state index in [1.54, 1.807) is 0 Å². The molecule has 180 valence electrons. The van der Waals surface area contributed by atoms with Gasteiger partial charge in [-0.3, -0.25) is 4.90 Å². The molecule has 0 saturated carbocycles. The van der Waals surface area contributed by atoms with Crippen LogP contribution in [0.4, 0.5) is 0 Å². The molecule has 0 unspecified atom stereocenters. The predicted octanol–water partition coefficient (Wildman–Crippen LogP) is 7.43. The van der Waals surface area contributed by atoms with Crippen LogP contribution in [0.5, 0.6) is 0 Å². The first-order valence-corrected chi connectivity index (χ1v) is 16.5. The zero-order valence-electron chi connectivity index (χ0n) is 17.6. The molecule has 2 rings (SSSR count). The lowest BCUT2D eigenvalue weighted by Crippen LogP contribution is -2.33. The van der Waals surface area contributed by atoms with Gasteiger partial charge in [0.15, 0.2) is 0 Å². The first kappa shape index (κ1) is 30.9. The number of hydrogen-bond donors (Lipinski definition) is 0. The number of carbonyl (C=O) groups excluding carboxylic acids is 2. The number of ether oxygens (including phenoxy) is 2. The highest BCUT2D eigenvalue weighted by molar-refractivity contribution is 14.1. The summed E-state index contributed by atoms with van der Waals surface area (Å²) in [5.41, 5.74) is 1.20. The Bertz CT molecular complexity index is 926. The van der Waals surface area contributed by atoms with Crippen LogP contribution in [-0.4, -0.2) is 49.7 Å². The van der Waals surface area contributed by atoms with Crippen LogP contribution in [0.25, 0.3) is 0 Å². The van der Waals surface area contributed by atoms with Gasteiger partial charge < -0.3 is 9.47 Å². The largest absolute Gasteiger partial charge is 0.461 e. The highest BCUT2D eigenvalue weighted by Crippen LogP contribution is 2.24. The SMILES string of the molecule is CCCCN(CCOC(=O)c1cc(I)cc(I)c1I)CCOC(=O)c1cc(I)cc(I)c1I. The van der Waals surface area contributed by atoms with Crippen LogP contribution >= 0.6 is 136 Å². The van der Waals surface area contributed by atoms with Crippen molar-refractivity contribution in [3.63, 3.8) is 0 Å². The van der Waals surface area contributed by atoms with Gasteiger partial charge in [-0.1, -0.05) is 13.3 Å². The van der Waals surface area contributed by atoms with E-state index in [9.17, 15) is 9.59 Å². The summed E-state index contributed by atoms with van der Waals surface area (Å²) in [6, 6.07) is 7.78. The summed E-state index contributed by atoms with van der Waals surface area (Å²) in [5, 5.41) is 0. The lowest BCUT2D eigenvalue weighted by Gasteiger charge is -2.22. The van der Waals surface area contributed by atoms with Crippen molar-refractivity contribution in [2.45, 2.75) is 19.8 Å². The fourth-order valence-electron chi connectivity index (χ4n) is 2.82. The molecule has 0 spiro atoms. The topological polar surface area (TPSA) is 55.8 Å². The molecule has 0 saturated heterocycles. The van der Waals surface area contributed by atoms with E-state index in [0.29, 0.717) is 37.4 Å². The van der Waals surface area contributed by atoms with E-state index in [2.05, 4.69) is 147 Å². The zero-order valence-corrected chi connectivity index (χ0v) is 30.6. The third kappa shape index (κ3) is 10.2. The molecule has 0 N–H and O–H groups in total. The Morgan fingerprint density at radius 3 is 1.55 bits per heavy atom. The zero-order chi connectivity index (χ0) is 24.5. The molecule has 0 aromatic heterocycles. The number of benzene rings is 2. The van der Waals surface area contributed by atoms with Gasteiger partial charge in [0.05, 0.1) is 11.1 Å². The van der Waals surface area contributed by atoms with Gasteiger partial charge in [-0.15, -0.1) is 0 Å². The number of nitrogens with zero attached hydrogens (tertiary/aromatic N) is 1. The quantitative estimate of drug-likeness (QED) is 0.133. The summed E-state index contributed by atoms with van der Waals surface area (Å²) >= 11 is 13.2. The van der Waals surface area contributed by atoms with E-state index in [4.69, 9.17) is 9.47 Å². The summed E-state index contributed by atoms with van der Waals surface area (Å²) < 4.78 is 17.0. The van der Waals surface area contributed by atoms with Crippen LogP contribution < -0.4 is 0 Å². The minimum atomic E-state index is -0.305. The van der Waals surface area contributed by atoms with E-state index < -0.39 is 0 Å². The molecule has 0 radical (unpaired) electrons. The predicted molar refractivity (Wildman–Crippen MR) is 181 cm³/mol. The lowest BCUT2D eigenvalue weighted by atomic mass is 10.2. The molecule has 2 aromatic rings. The standard InChI is InChI=1S/C22H21I6NO4/c1-2-3-4-29(5-7-32-21(30)15-9-13(23)11-17(25)19(15)27)6-8-33-22(31)16-10-14(24)12-18(26)20(16)28/h9-12H,2-8H2,1H3. The van der Waals surface area contributed by atoms with Crippen molar-refractivity contribution in [3.8, 4) is 0 Å². The summed E-state index contributed by atoms with van der Waals surface area (Å²) in [6.45, 7) is 4.78. The number of esters is 2. The van der Waals surface area contributed by atoms with Crippen molar-refractivity contribution >= 4 is 147 Å². The molecule has 0 heterocycles. The third-order valence-corrected chi connectivity index (χ3v) is 11.9. The van der Waals surface area contributed by atoms with Gasteiger partial charge >= 0.3 is 11.9 Å². The fraction of sp³-hybridized carbons (Fsp3) is 0.364. The summed E-state index contributed by atoms with van der Waals surface area (Å²) in [5.74, 6) is -0.610. The maximum absolute atomic E-state index is 12.6. The molecule has 0 bridgehead atoms. The molecule has 0 aliphatic rings. The van der Waals surface area contributed by atoms with Gasteiger partial charge in [0.1, 0.15) is 13.2 Å². The maximum Gasteiger partial charge on any atom is 0.339 e. The van der Waals surface area contributed by atoms with E-state index in [0.717, 1.165) is 40.8 Å². The minimum absolute atomic E-state index is 0.293. The summed E-state index contributed by atoms with van der Waals surface area (Å²) in [7, 11) is 0. The molecule has 0 aliphatic carbocycles. The van der Waals surface area contributed by atoms with Crippen molar-refractivity contribution in [3.05, 3.63) is 56.8 Å². The average Bonchev–Trinajstić information content (AvgIpc) is 2.76. The molecule has 0 aliphatic heterocycles. The van der Waals surface area contributed by atoms with Gasteiger partial charge in [-0.25, -0.2) is 9.59 Å². The Kier molecular flexibility index (Phi) is 14.9. The van der Waals surface area contributed by atoms with Crippen molar-refractivity contribution in [2.24, 2.45) is 0 Å². The van der Waals surface area contributed by atoms with Crippen molar-refractivity contribution in [1.82, 2.24) is 4.90 Å². The lowest BCUT2D eigenvalue weighted by molar-refractivity contribution is 0.0394. The number of carbonyl (C=O) groups is 2. The van der Waals surface area contributed by atoms with Crippen molar-refractivity contribution in [1.29, 1.82) is 0 Å². The minimum Gasteiger partial charge on any atom is -0.461 e. The molecular formula is C22H21I6NO4. The normalized spacial score (nSPS) is 11.0. The van der Waals surface area contributed by atoms with E-state index in [1.165, 1.54) is 0 Å². The first-order valence-electron chi connectivity index (χ1n) is 9.99. The molecule has 0 atom stereocenters. The number of halogens is 6. The second kappa shape index (κ2) is 15.9. The van der Waals surface area contributed by atoms with E-state index in [-0.39, 0.29) is 11.9 Å². The van der Waals surface area contributed by atoms with Crippen LogP contribution in [0.2, 0.25) is 0 Å². The monoisotopic (exact) mass is 1120 g/mol. The van der Waals surface area contributed by atoms with Crippen molar-refractivity contribution < 1.29 is 19.1 Å². The molecular weight excluding hydrogens is 1100 g/mol. The summed E-state index contributed by atoms with van der Waals surface area (Å²) in [6.07, 6.45) is 2.09.